The molecule has 3 rings (SSSR count). The molecule has 1 fully saturated rings. The van der Waals surface area contributed by atoms with Crippen molar-refractivity contribution in [1.29, 1.82) is 0 Å². The lowest BCUT2D eigenvalue weighted by Gasteiger charge is -2.42. The van der Waals surface area contributed by atoms with Crippen molar-refractivity contribution in [3.63, 3.8) is 0 Å². The monoisotopic (exact) mass is 281 g/mol. The fourth-order valence-corrected chi connectivity index (χ4v) is 2.81. The van der Waals surface area contributed by atoms with Gasteiger partial charge in [0.25, 0.3) is 0 Å². The van der Waals surface area contributed by atoms with Crippen LogP contribution in [-0.2, 0) is 5.41 Å². The van der Waals surface area contributed by atoms with Gasteiger partial charge in [-0.15, -0.1) is 0 Å². The average Bonchev–Trinajstić information content (AvgIpc) is 2.48. The van der Waals surface area contributed by atoms with Crippen LogP contribution in [0.2, 0.25) is 0 Å². The zero-order valence-electron chi connectivity index (χ0n) is 11.9. The van der Waals surface area contributed by atoms with Gasteiger partial charge < -0.3 is 5.32 Å². The third-order valence-corrected chi connectivity index (χ3v) is 4.19. The Morgan fingerprint density at radius 1 is 1.10 bits per heavy atom. The van der Waals surface area contributed by atoms with E-state index in [-0.39, 0.29) is 11.4 Å². The highest BCUT2D eigenvalue weighted by atomic mass is 16.2. The van der Waals surface area contributed by atoms with Crippen LogP contribution in [0.4, 0.5) is 10.6 Å². The maximum atomic E-state index is 12.0. The molecule has 0 radical (unpaired) electrons. The third-order valence-electron chi connectivity index (χ3n) is 4.19. The first kappa shape index (κ1) is 13.6. The Kier molecular flexibility index (Phi) is 3.86. The molecular formula is C17H19N3O. The number of nitrogens with one attached hydrogen (secondary N) is 2. The first-order valence-electron chi connectivity index (χ1n) is 7.30. The zero-order chi connectivity index (χ0) is 14.5. The van der Waals surface area contributed by atoms with Gasteiger partial charge in [0, 0.05) is 18.2 Å². The average molecular weight is 281 g/mol. The molecule has 2 N–H and O–H groups in total. The Morgan fingerprint density at radius 3 is 2.48 bits per heavy atom. The lowest BCUT2D eigenvalue weighted by molar-refractivity contribution is 0.222. The normalized spacial score (nSPS) is 15.8. The Labute approximate surface area is 124 Å². The van der Waals surface area contributed by atoms with Crippen LogP contribution in [0.25, 0.3) is 0 Å². The molecule has 0 unspecified atom stereocenters. The summed E-state index contributed by atoms with van der Waals surface area (Å²) in [6, 6.07) is 15.7. The van der Waals surface area contributed by atoms with Crippen LogP contribution in [-0.4, -0.2) is 17.6 Å². The molecule has 2 amide bonds. The van der Waals surface area contributed by atoms with Crippen molar-refractivity contribution in [3.8, 4) is 0 Å². The number of nitrogens with zero attached hydrogens (tertiary/aromatic N) is 1. The molecule has 0 spiro atoms. The molecule has 21 heavy (non-hydrogen) atoms. The van der Waals surface area contributed by atoms with Crippen LogP contribution in [0.3, 0.4) is 0 Å². The number of anilines is 1. The summed E-state index contributed by atoms with van der Waals surface area (Å²) < 4.78 is 0. The lowest BCUT2D eigenvalue weighted by atomic mass is 9.64. The standard InChI is InChI=1S/C17H19N3O/c21-16(20-15-9-4-5-12-18-15)19-13-17(10-6-11-17)14-7-2-1-3-8-14/h1-5,7-9,12H,6,10-11,13H2,(H2,18,19,20,21). The van der Waals surface area contributed by atoms with Crippen LogP contribution in [0.1, 0.15) is 24.8 Å². The van der Waals surface area contributed by atoms with Crippen LogP contribution >= 0.6 is 0 Å². The molecular weight excluding hydrogens is 262 g/mol. The second-order valence-electron chi connectivity index (χ2n) is 5.52. The second kappa shape index (κ2) is 5.95. The van der Waals surface area contributed by atoms with E-state index in [0.717, 1.165) is 12.8 Å². The number of rotatable bonds is 4. The molecule has 0 saturated heterocycles. The number of urea groups is 1. The van der Waals surface area contributed by atoms with Crippen molar-refractivity contribution < 1.29 is 4.79 Å². The van der Waals surface area contributed by atoms with Gasteiger partial charge in [0.2, 0.25) is 0 Å². The lowest BCUT2D eigenvalue weighted by Crippen LogP contribution is -2.46. The van der Waals surface area contributed by atoms with Crippen molar-refractivity contribution in [3.05, 3.63) is 60.3 Å². The molecule has 108 valence electrons. The highest BCUT2D eigenvalue weighted by Crippen LogP contribution is 2.43. The van der Waals surface area contributed by atoms with Crippen molar-refractivity contribution in [2.24, 2.45) is 0 Å². The zero-order valence-corrected chi connectivity index (χ0v) is 11.9. The minimum Gasteiger partial charge on any atom is -0.337 e. The van der Waals surface area contributed by atoms with Crippen molar-refractivity contribution in [2.75, 3.05) is 11.9 Å². The summed E-state index contributed by atoms with van der Waals surface area (Å²) in [5.74, 6) is 0.567. The molecule has 1 aromatic heterocycles. The summed E-state index contributed by atoms with van der Waals surface area (Å²) in [5, 5.41) is 5.74. The van der Waals surface area contributed by atoms with Crippen LogP contribution in [0, 0.1) is 0 Å². The maximum Gasteiger partial charge on any atom is 0.320 e. The van der Waals surface area contributed by atoms with Crippen LogP contribution in [0.15, 0.2) is 54.7 Å². The summed E-state index contributed by atoms with van der Waals surface area (Å²) >= 11 is 0. The van der Waals surface area contributed by atoms with Gasteiger partial charge in [-0.3, -0.25) is 5.32 Å². The van der Waals surface area contributed by atoms with Gasteiger partial charge in [0.05, 0.1) is 0 Å². The van der Waals surface area contributed by atoms with Crippen molar-refractivity contribution >= 4 is 11.8 Å². The molecule has 4 nitrogen and oxygen atoms in total. The van der Waals surface area contributed by atoms with Crippen LogP contribution < -0.4 is 10.6 Å². The van der Waals surface area contributed by atoms with E-state index in [9.17, 15) is 4.79 Å². The third kappa shape index (κ3) is 3.05. The predicted octanol–water partition coefficient (Wildman–Crippen LogP) is 3.33. The molecule has 1 aliphatic carbocycles. The van der Waals surface area contributed by atoms with E-state index < -0.39 is 0 Å². The van der Waals surface area contributed by atoms with Gasteiger partial charge in [0.15, 0.2) is 0 Å². The number of carbonyl (C=O) groups excluding carboxylic acids is 1. The first-order valence-corrected chi connectivity index (χ1v) is 7.30. The molecule has 2 aromatic rings. The summed E-state index contributed by atoms with van der Waals surface area (Å²) in [4.78, 5) is 16.1. The van der Waals surface area contributed by atoms with Gasteiger partial charge in [-0.05, 0) is 30.5 Å². The van der Waals surface area contributed by atoms with Crippen molar-refractivity contribution in [2.45, 2.75) is 24.7 Å². The number of aromatic nitrogens is 1. The van der Waals surface area contributed by atoms with Gasteiger partial charge in [-0.1, -0.05) is 42.8 Å². The molecule has 4 heteroatoms. The number of hydrogen-bond acceptors (Lipinski definition) is 2. The molecule has 1 aromatic carbocycles. The van der Waals surface area contributed by atoms with E-state index in [1.54, 1.807) is 12.3 Å². The smallest absolute Gasteiger partial charge is 0.320 e. The number of hydrogen-bond donors (Lipinski definition) is 2. The largest absolute Gasteiger partial charge is 0.337 e. The summed E-state index contributed by atoms with van der Waals surface area (Å²) in [6.07, 6.45) is 5.13. The summed E-state index contributed by atoms with van der Waals surface area (Å²) in [5.41, 5.74) is 1.41. The van der Waals surface area contributed by atoms with E-state index in [2.05, 4.69) is 39.9 Å². The van der Waals surface area contributed by atoms with Gasteiger partial charge >= 0.3 is 6.03 Å². The minimum absolute atomic E-state index is 0.0999. The quantitative estimate of drug-likeness (QED) is 0.903. The Balaban J connectivity index is 1.60. The number of pyridine rings is 1. The minimum atomic E-state index is -0.198. The first-order chi connectivity index (χ1) is 10.3. The highest BCUT2D eigenvalue weighted by molar-refractivity contribution is 5.88. The Bertz CT molecular complexity index is 594. The predicted molar refractivity (Wildman–Crippen MR) is 83.2 cm³/mol. The number of amides is 2. The SMILES string of the molecule is O=C(NCC1(c2ccccc2)CCC1)Nc1ccccn1. The van der Waals surface area contributed by atoms with E-state index in [1.807, 2.05) is 18.2 Å². The summed E-state index contributed by atoms with van der Waals surface area (Å²) in [6.45, 7) is 0.662. The second-order valence-corrected chi connectivity index (χ2v) is 5.52. The highest BCUT2D eigenvalue weighted by Gasteiger charge is 2.38. The fourth-order valence-electron chi connectivity index (χ4n) is 2.81. The van der Waals surface area contributed by atoms with Crippen molar-refractivity contribution in [1.82, 2.24) is 10.3 Å². The Hall–Kier alpha value is -2.36. The van der Waals surface area contributed by atoms with E-state index in [1.165, 1.54) is 12.0 Å². The molecule has 1 heterocycles. The number of carbonyl (C=O) groups is 1. The number of benzene rings is 1. The van der Waals surface area contributed by atoms with E-state index in [0.29, 0.717) is 12.4 Å². The Morgan fingerprint density at radius 2 is 1.86 bits per heavy atom. The summed E-state index contributed by atoms with van der Waals surface area (Å²) in [7, 11) is 0. The molecule has 1 aliphatic rings. The van der Waals surface area contributed by atoms with Gasteiger partial charge in [-0.25, -0.2) is 9.78 Å². The van der Waals surface area contributed by atoms with E-state index >= 15 is 0 Å². The molecule has 1 saturated carbocycles. The van der Waals surface area contributed by atoms with E-state index in [4.69, 9.17) is 0 Å². The van der Waals surface area contributed by atoms with Crippen LogP contribution in [0.5, 0.6) is 0 Å². The van der Waals surface area contributed by atoms with Gasteiger partial charge in [0.1, 0.15) is 5.82 Å². The fraction of sp³-hybridized carbons (Fsp3) is 0.294. The van der Waals surface area contributed by atoms with Gasteiger partial charge in [-0.2, -0.15) is 0 Å². The topological polar surface area (TPSA) is 54.0 Å². The molecule has 0 bridgehead atoms. The maximum absolute atomic E-state index is 12.0. The molecule has 0 atom stereocenters. The molecule has 0 aliphatic heterocycles.